The van der Waals surface area contributed by atoms with Gasteiger partial charge in [-0.2, -0.15) is 13.2 Å². The summed E-state index contributed by atoms with van der Waals surface area (Å²) in [6, 6.07) is -0.233. The largest absolute Gasteiger partial charge is 0.433 e. The molecule has 1 aromatic heterocycles. The number of hydrogen-bond donors (Lipinski definition) is 0. The highest BCUT2D eigenvalue weighted by molar-refractivity contribution is 5.83. The Labute approximate surface area is 100 Å². The molecule has 1 aliphatic rings. The zero-order valence-corrected chi connectivity index (χ0v) is 9.41. The van der Waals surface area contributed by atoms with Crippen LogP contribution in [0.1, 0.15) is 37.4 Å². The molecular weight excluding hydrogens is 249 g/mol. The Kier molecular flexibility index (Phi) is 3.23. The molecule has 0 aliphatic heterocycles. The van der Waals surface area contributed by atoms with Crippen molar-refractivity contribution < 1.29 is 18.0 Å². The van der Waals surface area contributed by atoms with E-state index in [9.17, 15) is 22.8 Å². The molecule has 1 aromatic rings. The third-order valence-electron chi connectivity index (χ3n) is 2.98. The van der Waals surface area contributed by atoms with Gasteiger partial charge in [0.1, 0.15) is 0 Å². The van der Waals surface area contributed by atoms with Gasteiger partial charge in [-0.25, -0.2) is 4.98 Å². The average molecular weight is 260 g/mol. The number of ketones is 1. The normalized spacial score (nSPS) is 21.1. The molecule has 0 spiro atoms. The summed E-state index contributed by atoms with van der Waals surface area (Å²) in [6.45, 7) is 0. The van der Waals surface area contributed by atoms with Crippen LogP contribution in [0.4, 0.5) is 13.2 Å². The number of rotatable bonds is 1. The number of carbonyl (C=O) groups is 1. The van der Waals surface area contributed by atoms with Crippen molar-refractivity contribution in [2.75, 3.05) is 0 Å². The smallest absolute Gasteiger partial charge is 0.297 e. The molecular formula is C11H11F3N2O2. The van der Waals surface area contributed by atoms with Gasteiger partial charge in [0, 0.05) is 12.5 Å². The third-order valence-corrected chi connectivity index (χ3v) is 2.98. The molecule has 1 aliphatic carbocycles. The van der Waals surface area contributed by atoms with Gasteiger partial charge in [0.15, 0.2) is 11.5 Å². The third kappa shape index (κ3) is 2.44. The molecule has 0 saturated heterocycles. The molecule has 7 heteroatoms. The fraction of sp³-hybridized carbons (Fsp3) is 0.545. The van der Waals surface area contributed by atoms with Crippen molar-refractivity contribution >= 4 is 5.78 Å². The van der Waals surface area contributed by atoms with Gasteiger partial charge in [0.2, 0.25) is 0 Å². The highest BCUT2D eigenvalue weighted by Crippen LogP contribution is 2.27. The van der Waals surface area contributed by atoms with Crippen LogP contribution in [0.2, 0.25) is 0 Å². The molecule has 1 heterocycles. The summed E-state index contributed by atoms with van der Waals surface area (Å²) in [6.07, 6.45) is -1.44. The lowest BCUT2D eigenvalue weighted by Gasteiger charge is -2.22. The van der Waals surface area contributed by atoms with E-state index >= 15 is 0 Å². The van der Waals surface area contributed by atoms with Crippen molar-refractivity contribution in [2.45, 2.75) is 37.9 Å². The lowest BCUT2D eigenvalue weighted by atomic mass is 9.94. The molecule has 0 radical (unpaired) electrons. The highest BCUT2D eigenvalue weighted by atomic mass is 19.4. The van der Waals surface area contributed by atoms with Crippen LogP contribution < -0.4 is 5.56 Å². The van der Waals surface area contributed by atoms with Gasteiger partial charge in [-0.3, -0.25) is 14.2 Å². The van der Waals surface area contributed by atoms with E-state index in [2.05, 4.69) is 4.98 Å². The first-order valence-electron chi connectivity index (χ1n) is 5.57. The average Bonchev–Trinajstić information content (AvgIpc) is 2.29. The van der Waals surface area contributed by atoms with Gasteiger partial charge in [-0.1, -0.05) is 6.42 Å². The number of alkyl halides is 3. The van der Waals surface area contributed by atoms with Crippen molar-refractivity contribution in [3.05, 3.63) is 28.4 Å². The molecule has 18 heavy (non-hydrogen) atoms. The van der Waals surface area contributed by atoms with E-state index in [-0.39, 0.29) is 5.78 Å². The Bertz CT molecular complexity index is 522. The van der Waals surface area contributed by atoms with E-state index in [0.717, 1.165) is 23.7 Å². The van der Waals surface area contributed by atoms with E-state index in [1.165, 1.54) is 0 Å². The Hall–Kier alpha value is -1.66. The summed E-state index contributed by atoms with van der Waals surface area (Å²) < 4.78 is 38.0. The van der Waals surface area contributed by atoms with Gasteiger partial charge in [0.05, 0.1) is 12.4 Å². The quantitative estimate of drug-likeness (QED) is 0.775. The monoisotopic (exact) mass is 260 g/mol. The molecule has 1 saturated carbocycles. The predicted molar refractivity (Wildman–Crippen MR) is 56.0 cm³/mol. The molecule has 0 N–H and O–H groups in total. The molecule has 1 fully saturated rings. The van der Waals surface area contributed by atoms with E-state index < -0.39 is 23.5 Å². The first-order chi connectivity index (χ1) is 8.39. The minimum Gasteiger partial charge on any atom is -0.297 e. The van der Waals surface area contributed by atoms with Crippen LogP contribution in [-0.4, -0.2) is 15.3 Å². The summed E-state index contributed by atoms with van der Waals surface area (Å²) >= 11 is 0. The number of aromatic nitrogens is 2. The van der Waals surface area contributed by atoms with Crippen LogP contribution in [0, 0.1) is 0 Å². The molecule has 4 nitrogen and oxygen atoms in total. The summed E-state index contributed by atoms with van der Waals surface area (Å²) in [4.78, 5) is 26.4. The summed E-state index contributed by atoms with van der Waals surface area (Å²) in [5.74, 6) is -0.120. The lowest BCUT2D eigenvalue weighted by molar-refractivity contribution is -0.141. The maximum atomic E-state index is 12.3. The second kappa shape index (κ2) is 4.55. The topological polar surface area (TPSA) is 52.0 Å². The van der Waals surface area contributed by atoms with Gasteiger partial charge in [-0.15, -0.1) is 0 Å². The van der Waals surface area contributed by atoms with Gasteiger partial charge < -0.3 is 0 Å². The summed E-state index contributed by atoms with van der Waals surface area (Å²) in [5, 5.41) is 0. The second-order valence-corrected chi connectivity index (χ2v) is 4.25. The highest BCUT2D eigenvalue weighted by Gasteiger charge is 2.34. The van der Waals surface area contributed by atoms with Gasteiger partial charge in [0.25, 0.3) is 5.56 Å². The van der Waals surface area contributed by atoms with Crippen LogP contribution in [0.25, 0.3) is 0 Å². The van der Waals surface area contributed by atoms with E-state index in [4.69, 9.17) is 0 Å². The first-order valence-corrected chi connectivity index (χ1v) is 5.57. The van der Waals surface area contributed by atoms with E-state index in [1.54, 1.807) is 0 Å². The molecule has 1 atom stereocenters. The Morgan fingerprint density at radius 3 is 2.56 bits per heavy atom. The first kappa shape index (κ1) is 12.8. The molecule has 0 aromatic carbocycles. The van der Waals surface area contributed by atoms with Gasteiger partial charge in [-0.05, 0) is 12.8 Å². The number of hydrogen-bond acceptors (Lipinski definition) is 3. The SMILES string of the molecule is O=C1CCCCC1n1cnc(C(F)(F)F)cc1=O. The Balaban J connectivity index is 2.36. The van der Waals surface area contributed by atoms with Crippen molar-refractivity contribution in [3.8, 4) is 0 Å². The van der Waals surface area contributed by atoms with Gasteiger partial charge >= 0.3 is 6.18 Å². The zero-order valence-electron chi connectivity index (χ0n) is 9.41. The minimum atomic E-state index is -4.64. The van der Waals surface area contributed by atoms with Crippen LogP contribution in [0.3, 0.4) is 0 Å². The van der Waals surface area contributed by atoms with E-state index in [0.29, 0.717) is 18.9 Å². The van der Waals surface area contributed by atoms with Crippen LogP contribution in [0.5, 0.6) is 0 Å². The van der Waals surface area contributed by atoms with Crippen molar-refractivity contribution in [1.29, 1.82) is 0 Å². The predicted octanol–water partition coefficient (Wildman–Crippen LogP) is 1.95. The number of carbonyl (C=O) groups excluding carboxylic acids is 1. The summed E-state index contributed by atoms with van der Waals surface area (Å²) in [5.41, 5.74) is -2.07. The van der Waals surface area contributed by atoms with E-state index in [1.807, 2.05) is 0 Å². The van der Waals surface area contributed by atoms with Crippen LogP contribution >= 0.6 is 0 Å². The fourth-order valence-corrected chi connectivity index (χ4v) is 2.06. The standard InChI is InChI=1S/C11H11F3N2O2/c12-11(13,14)9-5-10(18)16(6-15-9)7-3-1-2-4-8(7)17/h5-7H,1-4H2. The maximum absolute atomic E-state index is 12.3. The number of Topliss-reactive ketones (excluding diaryl/α,β-unsaturated/α-hetero) is 1. The minimum absolute atomic E-state index is 0.120. The molecule has 98 valence electrons. The number of halogens is 3. The van der Waals surface area contributed by atoms with Crippen molar-refractivity contribution in [2.24, 2.45) is 0 Å². The Morgan fingerprint density at radius 2 is 2.00 bits per heavy atom. The second-order valence-electron chi connectivity index (χ2n) is 4.25. The Morgan fingerprint density at radius 1 is 1.28 bits per heavy atom. The molecule has 0 amide bonds. The lowest BCUT2D eigenvalue weighted by Crippen LogP contribution is -2.32. The molecule has 0 bridgehead atoms. The van der Waals surface area contributed by atoms with Crippen LogP contribution in [0.15, 0.2) is 17.2 Å². The zero-order chi connectivity index (χ0) is 13.3. The van der Waals surface area contributed by atoms with Crippen molar-refractivity contribution in [1.82, 2.24) is 9.55 Å². The number of nitrogens with zero attached hydrogens (tertiary/aromatic N) is 2. The molecule has 1 unspecified atom stereocenters. The van der Waals surface area contributed by atoms with Crippen molar-refractivity contribution in [3.63, 3.8) is 0 Å². The summed E-state index contributed by atoms with van der Waals surface area (Å²) in [7, 11) is 0. The fourth-order valence-electron chi connectivity index (χ4n) is 2.06. The molecule has 2 rings (SSSR count). The maximum Gasteiger partial charge on any atom is 0.433 e. The van der Waals surface area contributed by atoms with Crippen LogP contribution in [-0.2, 0) is 11.0 Å².